The molecule has 17 heavy (non-hydrogen) atoms. The van der Waals surface area contributed by atoms with Crippen LogP contribution in [0.3, 0.4) is 0 Å². The number of piperidine rings is 1. The van der Waals surface area contributed by atoms with Crippen molar-refractivity contribution in [3.05, 3.63) is 23.0 Å². The zero-order valence-corrected chi connectivity index (χ0v) is 10.8. The van der Waals surface area contributed by atoms with Crippen LogP contribution in [-0.4, -0.2) is 41.5 Å². The van der Waals surface area contributed by atoms with Gasteiger partial charge in [-0.05, 0) is 38.9 Å². The van der Waals surface area contributed by atoms with Crippen LogP contribution in [0.5, 0.6) is 0 Å². The molecule has 1 aromatic rings. The first-order chi connectivity index (χ1) is 8.22. The van der Waals surface area contributed by atoms with E-state index in [4.69, 9.17) is 11.6 Å². The van der Waals surface area contributed by atoms with Crippen molar-refractivity contribution in [1.82, 2.24) is 15.2 Å². The van der Waals surface area contributed by atoms with Crippen LogP contribution in [0.25, 0.3) is 0 Å². The summed E-state index contributed by atoms with van der Waals surface area (Å²) in [6.07, 6.45) is 3.69. The molecule has 1 aromatic heterocycles. The SMILES string of the molecule is CCN(C(=O)c1cc(Cl)c[nH]1)C1CCNCC1. The molecule has 1 aliphatic heterocycles. The Bertz CT molecular complexity index is 385. The van der Waals surface area contributed by atoms with Gasteiger partial charge in [0.05, 0.1) is 5.02 Å². The third-order valence-corrected chi connectivity index (χ3v) is 3.45. The lowest BCUT2D eigenvalue weighted by Gasteiger charge is -2.33. The molecule has 2 rings (SSSR count). The monoisotopic (exact) mass is 255 g/mol. The maximum Gasteiger partial charge on any atom is 0.270 e. The van der Waals surface area contributed by atoms with E-state index >= 15 is 0 Å². The van der Waals surface area contributed by atoms with Crippen molar-refractivity contribution in [3.8, 4) is 0 Å². The first kappa shape index (κ1) is 12.5. The van der Waals surface area contributed by atoms with Gasteiger partial charge in [-0.15, -0.1) is 0 Å². The molecule has 4 nitrogen and oxygen atoms in total. The minimum Gasteiger partial charge on any atom is -0.356 e. The summed E-state index contributed by atoms with van der Waals surface area (Å²) in [5.41, 5.74) is 0.579. The zero-order valence-electron chi connectivity index (χ0n) is 10.0. The van der Waals surface area contributed by atoms with Gasteiger partial charge >= 0.3 is 0 Å². The van der Waals surface area contributed by atoms with Crippen molar-refractivity contribution in [1.29, 1.82) is 0 Å². The predicted molar refractivity (Wildman–Crippen MR) is 68.4 cm³/mol. The number of hydrogen-bond donors (Lipinski definition) is 2. The van der Waals surface area contributed by atoms with Crippen molar-refractivity contribution < 1.29 is 4.79 Å². The molecule has 2 heterocycles. The molecule has 1 amide bonds. The molecule has 0 saturated carbocycles. The lowest BCUT2D eigenvalue weighted by Crippen LogP contribution is -2.46. The van der Waals surface area contributed by atoms with Gasteiger partial charge in [-0.1, -0.05) is 11.6 Å². The maximum atomic E-state index is 12.3. The van der Waals surface area contributed by atoms with Gasteiger partial charge in [0, 0.05) is 18.8 Å². The minimum atomic E-state index is 0.0475. The van der Waals surface area contributed by atoms with Gasteiger partial charge in [-0.2, -0.15) is 0 Å². The number of nitrogens with one attached hydrogen (secondary N) is 2. The molecule has 1 fully saturated rings. The van der Waals surface area contributed by atoms with Gasteiger partial charge in [0.25, 0.3) is 5.91 Å². The summed E-state index contributed by atoms with van der Waals surface area (Å²) in [5, 5.41) is 3.89. The van der Waals surface area contributed by atoms with Gasteiger partial charge in [-0.25, -0.2) is 0 Å². The highest BCUT2D eigenvalue weighted by atomic mass is 35.5. The first-order valence-corrected chi connectivity index (χ1v) is 6.45. The van der Waals surface area contributed by atoms with Crippen molar-refractivity contribution >= 4 is 17.5 Å². The molecule has 1 aliphatic rings. The number of hydrogen-bond acceptors (Lipinski definition) is 2. The molecule has 94 valence electrons. The number of aromatic nitrogens is 1. The Morgan fingerprint density at radius 2 is 2.24 bits per heavy atom. The van der Waals surface area contributed by atoms with Crippen molar-refractivity contribution in [2.24, 2.45) is 0 Å². The Labute approximate surface area is 106 Å². The summed E-state index contributed by atoms with van der Waals surface area (Å²) in [7, 11) is 0. The smallest absolute Gasteiger partial charge is 0.270 e. The van der Waals surface area contributed by atoms with Gasteiger partial charge in [-0.3, -0.25) is 4.79 Å². The summed E-state index contributed by atoms with van der Waals surface area (Å²) in [5.74, 6) is 0.0475. The normalized spacial score (nSPS) is 17.1. The zero-order chi connectivity index (χ0) is 12.3. The third kappa shape index (κ3) is 2.82. The number of carbonyl (C=O) groups excluding carboxylic acids is 1. The van der Waals surface area contributed by atoms with Crippen molar-refractivity contribution in [2.45, 2.75) is 25.8 Å². The second-order valence-corrected chi connectivity index (χ2v) is 4.74. The molecular weight excluding hydrogens is 238 g/mol. The molecule has 0 bridgehead atoms. The number of aromatic amines is 1. The molecule has 5 heteroatoms. The van der Waals surface area contributed by atoms with E-state index in [1.807, 2.05) is 11.8 Å². The standard InChI is InChI=1S/C12H18ClN3O/c1-2-16(10-3-5-14-6-4-10)12(17)11-7-9(13)8-15-11/h7-8,10,14-15H,2-6H2,1H3. The highest BCUT2D eigenvalue weighted by Crippen LogP contribution is 2.17. The summed E-state index contributed by atoms with van der Waals surface area (Å²) in [4.78, 5) is 17.2. The van der Waals surface area contributed by atoms with E-state index in [1.54, 1.807) is 12.3 Å². The fourth-order valence-electron chi connectivity index (χ4n) is 2.33. The summed E-state index contributed by atoms with van der Waals surface area (Å²) in [6.45, 7) is 4.73. The number of halogens is 1. The number of nitrogens with zero attached hydrogens (tertiary/aromatic N) is 1. The number of rotatable bonds is 3. The first-order valence-electron chi connectivity index (χ1n) is 6.08. The molecule has 0 spiro atoms. The second kappa shape index (κ2) is 5.56. The highest BCUT2D eigenvalue weighted by molar-refractivity contribution is 6.30. The van der Waals surface area contributed by atoms with Gasteiger partial charge in [0.2, 0.25) is 0 Å². The van der Waals surface area contributed by atoms with E-state index in [-0.39, 0.29) is 5.91 Å². The molecule has 0 atom stereocenters. The lowest BCUT2D eigenvalue weighted by molar-refractivity contribution is 0.0651. The minimum absolute atomic E-state index is 0.0475. The van der Waals surface area contributed by atoms with E-state index in [0.29, 0.717) is 16.8 Å². The van der Waals surface area contributed by atoms with Crippen LogP contribution < -0.4 is 5.32 Å². The topological polar surface area (TPSA) is 48.1 Å². The molecule has 0 unspecified atom stereocenters. The van der Waals surface area contributed by atoms with Crippen LogP contribution in [0.2, 0.25) is 5.02 Å². The molecule has 0 aromatic carbocycles. The molecule has 2 N–H and O–H groups in total. The van der Waals surface area contributed by atoms with Gasteiger partial charge in [0.15, 0.2) is 0 Å². The van der Waals surface area contributed by atoms with Crippen molar-refractivity contribution in [2.75, 3.05) is 19.6 Å². The molecule has 0 aliphatic carbocycles. The van der Waals surface area contributed by atoms with E-state index in [2.05, 4.69) is 10.3 Å². The van der Waals surface area contributed by atoms with Gasteiger partial charge < -0.3 is 15.2 Å². The Hall–Kier alpha value is -1.00. The predicted octanol–water partition coefficient (Wildman–Crippen LogP) is 1.88. The van der Waals surface area contributed by atoms with Crippen LogP contribution in [0.15, 0.2) is 12.3 Å². The quantitative estimate of drug-likeness (QED) is 0.867. The summed E-state index contributed by atoms with van der Waals surface area (Å²) in [6, 6.07) is 2.03. The van der Waals surface area contributed by atoms with Gasteiger partial charge in [0.1, 0.15) is 5.69 Å². The fourth-order valence-corrected chi connectivity index (χ4v) is 2.50. The highest BCUT2D eigenvalue weighted by Gasteiger charge is 2.25. The number of carbonyl (C=O) groups is 1. The Morgan fingerprint density at radius 3 is 2.76 bits per heavy atom. The Balaban J connectivity index is 2.09. The second-order valence-electron chi connectivity index (χ2n) is 4.30. The summed E-state index contributed by atoms with van der Waals surface area (Å²) >= 11 is 5.83. The number of amides is 1. The maximum absolute atomic E-state index is 12.3. The average molecular weight is 256 g/mol. The Morgan fingerprint density at radius 1 is 1.53 bits per heavy atom. The fraction of sp³-hybridized carbons (Fsp3) is 0.583. The molecular formula is C12H18ClN3O. The van der Waals surface area contributed by atoms with Crippen LogP contribution >= 0.6 is 11.6 Å². The third-order valence-electron chi connectivity index (χ3n) is 3.23. The van der Waals surface area contributed by atoms with E-state index in [1.165, 1.54) is 0 Å². The Kier molecular flexibility index (Phi) is 4.07. The number of H-pyrrole nitrogens is 1. The van der Waals surface area contributed by atoms with Crippen LogP contribution in [0, 0.1) is 0 Å². The molecule has 0 radical (unpaired) electrons. The van der Waals surface area contributed by atoms with Crippen molar-refractivity contribution in [3.63, 3.8) is 0 Å². The molecule has 1 saturated heterocycles. The van der Waals surface area contributed by atoms with Crippen LogP contribution in [0.4, 0.5) is 0 Å². The van der Waals surface area contributed by atoms with E-state index in [0.717, 1.165) is 32.5 Å². The lowest BCUT2D eigenvalue weighted by atomic mass is 10.0. The van der Waals surface area contributed by atoms with E-state index < -0.39 is 0 Å². The van der Waals surface area contributed by atoms with Crippen LogP contribution in [-0.2, 0) is 0 Å². The van der Waals surface area contributed by atoms with Crippen LogP contribution in [0.1, 0.15) is 30.3 Å². The van der Waals surface area contributed by atoms with E-state index in [9.17, 15) is 4.79 Å². The summed E-state index contributed by atoms with van der Waals surface area (Å²) < 4.78 is 0. The largest absolute Gasteiger partial charge is 0.356 e. The average Bonchev–Trinajstić information content (AvgIpc) is 2.78.